The summed E-state index contributed by atoms with van der Waals surface area (Å²) in [4.78, 5) is 0. The molecule has 4 nitrogen and oxygen atoms in total. The Bertz CT molecular complexity index is 651. The molecule has 1 N–H and O–H groups in total. The summed E-state index contributed by atoms with van der Waals surface area (Å²) >= 11 is 0. The molecule has 0 amide bonds. The molecule has 1 heterocycles. The summed E-state index contributed by atoms with van der Waals surface area (Å²) in [6.07, 6.45) is -3.68. The van der Waals surface area contributed by atoms with Gasteiger partial charge in [-0.25, -0.2) is 0 Å². The van der Waals surface area contributed by atoms with Gasteiger partial charge in [0, 0.05) is 18.6 Å². The Balaban J connectivity index is 2.68. The normalized spacial score (nSPS) is 11.7. The predicted molar refractivity (Wildman–Crippen MR) is 75.3 cm³/mol. The lowest BCUT2D eigenvalue weighted by Gasteiger charge is -2.14. The maximum Gasteiger partial charge on any atom is 0.418 e. The number of aliphatic hydroxyl groups excluding tert-OH is 1. The highest BCUT2D eigenvalue weighted by atomic mass is 19.4. The van der Waals surface area contributed by atoms with Crippen LogP contribution in [0.1, 0.15) is 23.7 Å². The Kier molecular flexibility index (Phi) is 4.75. The van der Waals surface area contributed by atoms with Crippen LogP contribution in [0.4, 0.5) is 13.2 Å². The van der Waals surface area contributed by atoms with Crippen LogP contribution in [0.25, 0.3) is 5.69 Å². The lowest BCUT2D eigenvalue weighted by atomic mass is 10.1. The minimum atomic E-state index is -4.49. The number of halogens is 3. The third kappa shape index (κ3) is 2.94. The number of hydrogen-bond acceptors (Lipinski definition) is 3. The van der Waals surface area contributed by atoms with E-state index in [4.69, 9.17) is 9.84 Å². The monoisotopic (exact) mass is 314 g/mol. The molecule has 0 spiro atoms. The second-order valence-corrected chi connectivity index (χ2v) is 4.69. The van der Waals surface area contributed by atoms with Crippen LogP contribution in [-0.4, -0.2) is 28.6 Å². The largest absolute Gasteiger partial charge is 0.481 e. The molecule has 0 aliphatic rings. The molecule has 120 valence electrons. The first-order valence-corrected chi connectivity index (χ1v) is 6.86. The third-order valence-electron chi connectivity index (χ3n) is 3.35. The van der Waals surface area contributed by atoms with Crippen LogP contribution in [0.15, 0.2) is 24.3 Å². The fraction of sp³-hybridized carbons (Fsp3) is 0.400. The zero-order chi connectivity index (χ0) is 16.3. The van der Waals surface area contributed by atoms with Crippen molar-refractivity contribution in [2.75, 3.05) is 13.7 Å². The molecule has 2 rings (SSSR count). The third-order valence-corrected chi connectivity index (χ3v) is 3.35. The van der Waals surface area contributed by atoms with Gasteiger partial charge in [-0.15, -0.1) is 0 Å². The maximum absolute atomic E-state index is 13.2. The smallest absolute Gasteiger partial charge is 0.418 e. The molecule has 0 saturated heterocycles. The van der Waals surface area contributed by atoms with E-state index in [9.17, 15) is 13.2 Å². The fourth-order valence-electron chi connectivity index (χ4n) is 2.40. The van der Waals surface area contributed by atoms with Crippen LogP contribution in [0, 0.1) is 0 Å². The van der Waals surface area contributed by atoms with Crippen molar-refractivity contribution in [2.45, 2.75) is 25.9 Å². The SMILES string of the molecule is CCc1nn(-c2ccccc2C(F)(F)F)c(OC)c1CCO. The van der Waals surface area contributed by atoms with Crippen LogP contribution in [-0.2, 0) is 19.0 Å². The summed E-state index contributed by atoms with van der Waals surface area (Å²) in [5.74, 6) is 0.225. The first kappa shape index (κ1) is 16.4. The van der Waals surface area contributed by atoms with Crippen molar-refractivity contribution >= 4 is 0 Å². The number of aryl methyl sites for hydroxylation is 1. The number of benzene rings is 1. The van der Waals surface area contributed by atoms with Gasteiger partial charge < -0.3 is 9.84 Å². The van der Waals surface area contributed by atoms with E-state index in [2.05, 4.69) is 5.10 Å². The fourth-order valence-corrected chi connectivity index (χ4v) is 2.40. The number of alkyl halides is 3. The number of methoxy groups -OCH3 is 1. The number of para-hydroxylation sites is 1. The highest BCUT2D eigenvalue weighted by molar-refractivity contribution is 5.47. The molecule has 7 heteroatoms. The van der Waals surface area contributed by atoms with E-state index < -0.39 is 11.7 Å². The molecule has 0 atom stereocenters. The second-order valence-electron chi connectivity index (χ2n) is 4.69. The maximum atomic E-state index is 13.2. The van der Waals surface area contributed by atoms with Crippen LogP contribution in [0.3, 0.4) is 0 Å². The topological polar surface area (TPSA) is 47.3 Å². The average molecular weight is 314 g/mol. The Morgan fingerprint density at radius 3 is 2.50 bits per heavy atom. The molecule has 0 unspecified atom stereocenters. The van der Waals surface area contributed by atoms with E-state index in [1.807, 2.05) is 6.92 Å². The van der Waals surface area contributed by atoms with E-state index >= 15 is 0 Å². The number of nitrogens with zero attached hydrogens (tertiary/aromatic N) is 2. The lowest BCUT2D eigenvalue weighted by Crippen LogP contribution is -2.12. The summed E-state index contributed by atoms with van der Waals surface area (Å²) in [6.45, 7) is 1.72. The number of aromatic nitrogens is 2. The molecule has 0 bridgehead atoms. The van der Waals surface area contributed by atoms with Crippen LogP contribution < -0.4 is 4.74 Å². The summed E-state index contributed by atoms with van der Waals surface area (Å²) in [5, 5.41) is 13.4. The molecule has 1 aromatic carbocycles. The van der Waals surface area contributed by atoms with Crippen LogP contribution in [0.5, 0.6) is 5.88 Å². The molecule has 0 radical (unpaired) electrons. The van der Waals surface area contributed by atoms with Gasteiger partial charge in [-0.3, -0.25) is 0 Å². The Labute approximate surface area is 126 Å². The van der Waals surface area contributed by atoms with Gasteiger partial charge in [0.2, 0.25) is 5.88 Å². The van der Waals surface area contributed by atoms with Crippen molar-refractivity contribution in [2.24, 2.45) is 0 Å². The first-order chi connectivity index (χ1) is 10.4. The zero-order valence-corrected chi connectivity index (χ0v) is 12.3. The van der Waals surface area contributed by atoms with Gasteiger partial charge in [0.25, 0.3) is 0 Å². The number of ether oxygens (including phenoxy) is 1. The van der Waals surface area contributed by atoms with E-state index in [-0.39, 0.29) is 24.6 Å². The van der Waals surface area contributed by atoms with Crippen molar-refractivity contribution < 1.29 is 23.0 Å². The van der Waals surface area contributed by atoms with Gasteiger partial charge in [0.15, 0.2) is 0 Å². The molecular formula is C15H17F3N2O2. The molecule has 0 aliphatic heterocycles. The average Bonchev–Trinajstić information content (AvgIpc) is 2.84. The van der Waals surface area contributed by atoms with Crippen LogP contribution >= 0.6 is 0 Å². The summed E-state index contributed by atoms with van der Waals surface area (Å²) in [6, 6.07) is 5.20. The molecule has 1 aromatic heterocycles. The minimum absolute atomic E-state index is 0.0919. The molecule has 0 aliphatic carbocycles. The number of aliphatic hydroxyl groups is 1. The highest BCUT2D eigenvalue weighted by Gasteiger charge is 2.35. The van der Waals surface area contributed by atoms with E-state index in [1.165, 1.54) is 25.3 Å². The molecule has 22 heavy (non-hydrogen) atoms. The van der Waals surface area contributed by atoms with Crippen molar-refractivity contribution in [3.63, 3.8) is 0 Å². The van der Waals surface area contributed by atoms with Crippen molar-refractivity contribution in [3.05, 3.63) is 41.1 Å². The lowest BCUT2D eigenvalue weighted by molar-refractivity contribution is -0.137. The van der Waals surface area contributed by atoms with Crippen molar-refractivity contribution in [1.82, 2.24) is 9.78 Å². The van der Waals surface area contributed by atoms with Crippen molar-refractivity contribution in [1.29, 1.82) is 0 Å². The Morgan fingerprint density at radius 1 is 1.27 bits per heavy atom. The minimum Gasteiger partial charge on any atom is -0.481 e. The number of hydrogen-bond donors (Lipinski definition) is 1. The van der Waals surface area contributed by atoms with E-state index in [0.29, 0.717) is 17.7 Å². The molecular weight excluding hydrogens is 297 g/mol. The van der Waals surface area contributed by atoms with Gasteiger partial charge in [-0.2, -0.15) is 23.0 Å². The van der Waals surface area contributed by atoms with Gasteiger partial charge in [0.05, 0.1) is 24.1 Å². The van der Waals surface area contributed by atoms with Crippen molar-refractivity contribution in [3.8, 4) is 11.6 Å². The van der Waals surface area contributed by atoms with Gasteiger partial charge in [0.1, 0.15) is 0 Å². The standard InChI is InChI=1S/C15H17F3N2O2/c1-3-12-10(8-9-21)14(22-2)20(19-12)13-7-5-4-6-11(13)15(16,17)18/h4-7,21H,3,8-9H2,1-2H3. The Morgan fingerprint density at radius 2 is 1.95 bits per heavy atom. The van der Waals surface area contributed by atoms with E-state index in [0.717, 1.165) is 10.7 Å². The predicted octanol–water partition coefficient (Wildman–Crippen LogP) is 3.00. The Hall–Kier alpha value is -2.02. The zero-order valence-electron chi connectivity index (χ0n) is 12.3. The van der Waals surface area contributed by atoms with E-state index in [1.54, 1.807) is 0 Å². The quantitative estimate of drug-likeness (QED) is 0.923. The molecule has 0 fully saturated rings. The summed E-state index contributed by atoms with van der Waals surface area (Å²) in [5.41, 5.74) is 0.368. The van der Waals surface area contributed by atoms with Gasteiger partial charge >= 0.3 is 6.18 Å². The first-order valence-electron chi connectivity index (χ1n) is 6.86. The second kappa shape index (κ2) is 6.39. The van der Waals surface area contributed by atoms with Gasteiger partial charge in [-0.1, -0.05) is 19.1 Å². The van der Waals surface area contributed by atoms with Crippen LogP contribution in [0.2, 0.25) is 0 Å². The summed E-state index contributed by atoms with van der Waals surface area (Å²) in [7, 11) is 1.38. The van der Waals surface area contributed by atoms with Gasteiger partial charge in [-0.05, 0) is 18.6 Å². The highest BCUT2D eigenvalue weighted by Crippen LogP contribution is 2.36. The number of rotatable bonds is 5. The molecule has 0 saturated carbocycles. The summed E-state index contributed by atoms with van der Waals surface area (Å²) < 4.78 is 46.0. The molecule has 2 aromatic rings.